The summed E-state index contributed by atoms with van der Waals surface area (Å²) in [6.07, 6.45) is -4.08. The van der Waals surface area contributed by atoms with Gasteiger partial charge in [0, 0.05) is 12.8 Å². The Morgan fingerprint density at radius 1 is 1.22 bits per heavy atom. The third-order valence-corrected chi connectivity index (χ3v) is 3.92. The predicted octanol–water partition coefficient (Wildman–Crippen LogP) is 0.0284. The lowest BCUT2D eigenvalue weighted by Gasteiger charge is -2.47. The molecular formula is C11H15F3NO7S-. The fourth-order valence-electron chi connectivity index (χ4n) is 1.84. The maximum absolute atomic E-state index is 12.2. The Labute approximate surface area is 130 Å². The molecule has 1 fully saturated rings. The van der Waals surface area contributed by atoms with Gasteiger partial charge >= 0.3 is 21.7 Å². The molecule has 1 N–H and O–H groups in total. The molecule has 0 atom stereocenters. The summed E-state index contributed by atoms with van der Waals surface area (Å²) in [6.45, 7) is 4.54. The Kier molecular flexibility index (Phi) is 4.93. The summed E-state index contributed by atoms with van der Waals surface area (Å²) in [5, 5.41) is 13.1. The minimum Gasteiger partial charge on any atom is -0.548 e. The highest BCUT2D eigenvalue weighted by molar-refractivity contribution is 7.87. The second-order valence-electron chi connectivity index (χ2n) is 6.02. The molecule has 134 valence electrons. The van der Waals surface area contributed by atoms with Crippen molar-refractivity contribution in [3.63, 3.8) is 0 Å². The van der Waals surface area contributed by atoms with Gasteiger partial charge in [0.15, 0.2) is 0 Å². The van der Waals surface area contributed by atoms with Gasteiger partial charge in [0.2, 0.25) is 0 Å². The second kappa shape index (κ2) is 5.82. The molecule has 1 aliphatic rings. The van der Waals surface area contributed by atoms with Gasteiger partial charge in [0.1, 0.15) is 5.60 Å². The largest absolute Gasteiger partial charge is 0.548 e. The van der Waals surface area contributed by atoms with E-state index in [0.717, 1.165) is 0 Å². The van der Waals surface area contributed by atoms with E-state index < -0.39 is 57.8 Å². The summed E-state index contributed by atoms with van der Waals surface area (Å²) in [4.78, 5) is 22.7. The van der Waals surface area contributed by atoms with E-state index in [1.807, 2.05) is 5.32 Å². The number of carbonyl (C=O) groups excluding carboxylic acids is 2. The summed E-state index contributed by atoms with van der Waals surface area (Å²) in [5.74, 6) is -1.78. The average molecular weight is 362 g/mol. The number of rotatable bonds is 4. The first kappa shape index (κ1) is 19.5. The maximum Gasteiger partial charge on any atom is 0.523 e. The molecule has 0 radical (unpaired) electrons. The van der Waals surface area contributed by atoms with Crippen molar-refractivity contribution in [2.24, 2.45) is 0 Å². The number of carboxylic acid groups (broad SMARTS) is 1. The average Bonchev–Trinajstić information content (AvgIpc) is 2.20. The molecule has 1 aliphatic carbocycles. The SMILES string of the molecule is CC(C)(C)OC(=O)NC1(C(=O)[O-])CC(OS(=O)(=O)C(F)(F)F)C1. The minimum atomic E-state index is -5.85. The van der Waals surface area contributed by atoms with Gasteiger partial charge in [-0.25, -0.2) is 4.79 Å². The van der Waals surface area contributed by atoms with Crippen molar-refractivity contribution in [3.8, 4) is 0 Å². The summed E-state index contributed by atoms with van der Waals surface area (Å²) in [5.41, 5.74) is -8.60. The van der Waals surface area contributed by atoms with Gasteiger partial charge in [-0.15, -0.1) is 0 Å². The lowest BCUT2D eigenvalue weighted by Crippen LogP contribution is -2.69. The van der Waals surface area contributed by atoms with Crippen molar-refractivity contribution in [1.82, 2.24) is 5.32 Å². The molecule has 1 amide bonds. The number of amides is 1. The standard InChI is InChI=1S/C11H16F3NO7S/c1-9(2,3)21-8(18)15-10(7(16)17)4-6(5-10)22-23(19,20)11(12,13)14/h6H,4-5H2,1-3H3,(H,15,18)(H,16,17)/p-1. The van der Waals surface area contributed by atoms with Crippen molar-refractivity contribution in [3.05, 3.63) is 0 Å². The number of carbonyl (C=O) groups is 2. The van der Waals surface area contributed by atoms with Crippen molar-refractivity contribution < 1.29 is 45.2 Å². The van der Waals surface area contributed by atoms with E-state index in [0.29, 0.717) is 0 Å². The molecule has 0 bridgehead atoms. The first-order chi connectivity index (χ1) is 10.1. The van der Waals surface area contributed by atoms with Crippen LogP contribution in [-0.4, -0.2) is 43.2 Å². The highest BCUT2D eigenvalue weighted by Gasteiger charge is 2.54. The van der Waals surface area contributed by atoms with Crippen molar-refractivity contribution >= 4 is 22.2 Å². The zero-order chi connectivity index (χ0) is 18.3. The number of halogens is 3. The Bertz CT molecular complexity index is 588. The zero-order valence-electron chi connectivity index (χ0n) is 12.4. The van der Waals surface area contributed by atoms with Gasteiger partial charge in [0.25, 0.3) is 0 Å². The molecule has 0 aromatic carbocycles. The van der Waals surface area contributed by atoms with Crippen LogP contribution < -0.4 is 10.4 Å². The first-order valence-electron chi connectivity index (χ1n) is 6.30. The molecule has 1 saturated carbocycles. The predicted molar refractivity (Wildman–Crippen MR) is 66.2 cm³/mol. The van der Waals surface area contributed by atoms with Crippen LogP contribution >= 0.6 is 0 Å². The summed E-state index contributed by atoms with van der Waals surface area (Å²) in [7, 11) is -5.85. The molecule has 0 unspecified atom stereocenters. The molecule has 0 spiro atoms. The van der Waals surface area contributed by atoms with E-state index in [-0.39, 0.29) is 0 Å². The smallest absolute Gasteiger partial charge is 0.523 e. The second-order valence-corrected chi connectivity index (χ2v) is 7.59. The quantitative estimate of drug-likeness (QED) is 0.553. The number of hydrogen-bond acceptors (Lipinski definition) is 7. The van der Waals surface area contributed by atoms with E-state index in [2.05, 4.69) is 4.18 Å². The fraction of sp³-hybridized carbons (Fsp3) is 0.818. The van der Waals surface area contributed by atoms with Crippen LogP contribution in [0.25, 0.3) is 0 Å². The molecule has 8 nitrogen and oxygen atoms in total. The first-order valence-corrected chi connectivity index (χ1v) is 7.71. The fourth-order valence-corrected chi connectivity index (χ4v) is 2.44. The third kappa shape index (κ3) is 4.70. The Morgan fingerprint density at radius 3 is 2.04 bits per heavy atom. The molecule has 12 heteroatoms. The highest BCUT2D eigenvalue weighted by Crippen LogP contribution is 2.38. The topological polar surface area (TPSA) is 122 Å². The minimum absolute atomic E-state index is 0.704. The highest BCUT2D eigenvalue weighted by atomic mass is 32.2. The van der Waals surface area contributed by atoms with E-state index in [1.165, 1.54) is 20.8 Å². The number of aliphatic carboxylic acids is 1. The molecule has 0 aromatic heterocycles. The number of alkyl carbamates (subject to hydrolysis) is 1. The van der Waals surface area contributed by atoms with Crippen LogP contribution in [0.3, 0.4) is 0 Å². The van der Waals surface area contributed by atoms with E-state index in [4.69, 9.17) is 4.74 Å². The van der Waals surface area contributed by atoms with Crippen LogP contribution in [0.2, 0.25) is 0 Å². The number of hydrogen-bond donors (Lipinski definition) is 1. The monoisotopic (exact) mass is 362 g/mol. The Balaban J connectivity index is 2.73. The zero-order valence-corrected chi connectivity index (χ0v) is 13.2. The van der Waals surface area contributed by atoms with Gasteiger partial charge in [-0.05, 0) is 20.8 Å². The molecular weight excluding hydrogens is 347 g/mol. The van der Waals surface area contributed by atoms with Crippen LogP contribution in [0.1, 0.15) is 33.6 Å². The van der Waals surface area contributed by atoms with E-state index >= 15 is 0 Å². The lowest BCUT2D eigenvalue weighted by atomic mass is 9.74. The molecule has 1 rings (SSSR count). The van der Waals surface area contributed by atoms with Crippen LogP contribution in [0.5, 0.6) is 0 Å². The van der Waals surface area contributed by atoms with Crippen molar-refractivity contribution in [2.75, 3.05) is 0 Å². The van der Waals surface area contributed by atoms with Crippen molar-refractivity contribution in [2.45, 2.75) is 56.4 Å². The van der Waals surface area contributed by atoms with Crippen molar-refractivity contribution in [1.29, 1.82) is 0 Å². The number of ether oxygens (including phenoxy) is 1. The summed E-state index contributed by atoms with van der Waals surface area (Å²) >= 11 is 0. The van der Waals surface area contributed by atoms with E-state index in [1.54, 1.807) is 0 Å². The third-order valence-electron chi connectivity index (χ3n) is 2.83. The molecule has 0 aromatic rings. The molecule has 0 heterocycles. The van der Waals surface area contributed by atoms with Gasteiger partial charge in [0.05, 0.1) is 17.6 Å². The van der Waals surface area contributed by atoms with Crippen LogP contribution in [0.15, 0.2) is 0 Å². The van der Waals surface area contributed by atoms with Gasteiger partial charge in [-0.3, -0.25) is 4.18 Å². The molecule has 0 saturated heterocycles. The summed E-state index contributed by atoms with van der Waals surface area (Å²) in [6, 6.07) is 0. The number of carboxylic acids is 1. The van der Waals surface area contributed by atoms with Gasteiger partial charge in [-0.1, -0.05) is 0 Å². The van der Waals surface area contributed by atoms with Gasteiger partial charge in [-0.2, -0.15) is 21.6 Å². The Hall–Kier alpha value is -1.56. The normalized spacial score (nSPS) is 25.4. The van der Waals surface area contributed by atoms with Crippen LogP contribution in [-0.2, 0) is 23.8 Å². The Morgan fingerprint density at radius 2 is 1.70 bits per heavy atom. The van der Waals surface area contributed by atoms with E-state index in [9.17, 15) is 36.3 Å². The molecule has 0 aliphatic heterocycles. The molecule has 23 heavy (non-hydrogen) atoms. The summed E-state index contributed by atoms with van der Waals surface area (Å²) < 4.78 is 66.9. The van der Waals surface area contributed by atoms with Gasteiger partial charge < -0.3 is 20.0 Å². The van der Waals surface area contributed by atoms with Crippen LogP contribution in [0.4, 0.5) is 18.0 Å². The number of alkyl halides is 3. The maximum atomic E-state index is 12.2. The van der Waals surface area contributed by atoms with Crippen LogP contribution in [0, 0.1) is 0 Å². The lowest BCUT2D eigenvalue weighted by molar-refractivity contribution is -0.319. The number of nitrogens with one attached hydrogen (secondary N) is 1.